The number of benzene rings is 2. The van der Waals surface area contributed by atoms with Crippen molar-refractivity contribution < 1.29 is 4.92 Å². The zero-order valence-corrected chi connectivity index (χ0v) is 11.7. The van der Waals surface area contributed by atoms with Crippen LogP contribution < -0.4 is 11.1 Å². The SMILES string of the molecule is Cc1ccc([N+](=O)[O-])c(NC2CC(N)c3ccccc32)c1. The van der Waals surface area contributed by atoms with Gasteiger partial charge in [0.2, 0.25) is 0 Å². The molecule has 108 valence electrons. The van der Waals surface area contributed by atoms with Crippen molar-refractivity contribution in [1.82, 2.24) is 0 Å². The maximum atomic E-state index is 11.2. The number of hydrogen-bond donors (Lipinski definition) is 2. The minimum atomic E-state index is -0.359. The molecule has 0 amide bonds. The second-order valence-corrected chi connectivity index (χ2v) is 5.45. The van der Waals surface area contributed by atoms with E-state index in [1.807, 2.05) is 37.3 Å². The van der Waals surface area contributed by atoms with E-state index in [1.165, 1.54) is 0 Å². The Bertz CT molecular complexity index is 700. The largest absolute Gasteiger partial charge is 0.373 e. The van der Waals surface area contributed by atoms with E-state index >= 15 is 0 Å². The van der Waals surface area contributed by atoms with Gasteiger partial charge < -0.3 is 11.1 Å². The standard InChI is InChI=1S/C16H17N3O2/c1-10-6-7-16(19(20)21)15(8-10)18-14-9-13(17)11-4-2-3-5-12(11)14/h2-8,13-14,18H,9,17H2,1H3. The molecule has 2 aromatic carbocycles. The zero-order chi connectivity index (χ0) is 15.0. The molecule has 2 atom stereocenters. The van der Waals surface area contributed by atoms with Gasteiger partial charge in [0.15, 0.2) is 0 Å². The van der Waals surface area contributed by atoms with Crippen molar-refractivity contribution in [3.8, 4) is 0 Å². The van der Waals surface area contributed by atoms with Gasteiger partial charge in [0.1, 0.15) is 5.69 Å². The van der Waals surface area contributed by atoms with Crippen LogP contribution >= 0.6 is 0 Å². The number of nitro benzene ring substituents is 1. The summed E-state index contributed by atoms with van der Waals surface area (Å²) in [5.74, 6) is 0. The van der Waals surface area contributed by atoms with Crippen molar-refractivity contribution in [2.45, 2.75) is 25.4 Å². The van der Waals surface area contributed by atoms with Gasteiger partial charge in [-0.15, -0.1) is 0 Å². The van der Waals surface area contributed by atoms with Crippen molar-refractivity contribution in [1.29, 1.82) is 0 Å². The smallest absolute Gasteiger partial charge is 0.292 e. The van der Waals surface area contributed by atoms with Gasteiger partial charge in [0.25, 0.3) is 5.69 Å². The lowest BCUT2D eigenvalue weighted by atomic mass is 10.1. The molecule has 0 bridgehead atoms. The molecule has 1 aliphatic carbocycles. The Balaban J connectivity index is 1.95. The van der Waals surface area contributed by atoms with Crippen LogP contribution in [0.5, 0.6) is 0 Å². The lowest BCUT2D eigenvalue weighted by molar-refractivity contribution is -0.384. The Morgan fingerprint density at radius 1 is 1.24 bits per heavy atom. The molecule has 3 N–H and O–H groups in total. The van der Waals surface area contributed by atoms with Gasteiger partial charge in [0, 0.05) is 12.1 Å². The molecule has 0 heterocycles. The van der Waals surface area contributed by atoms with Gasteiger partial charge in [-0.05, 0) is 36.1 Å². The van der Waals surface area contributed by atoms with E-state index in [4.69, 9.17) is 5.73 Å². The summed E-state index contributed by atoms with van der Waals surface area (Å²) < 4.78 is 0. The van der Waals surface area contributed by atoms with Crippen molar-refractivity contribution >= 4 is 11.4 Å². The lowest BCUT2D eigenvalue weighted by Gasteiger charge is -2.16. The summed E-state index contributed by atoms with van der Waals surface area (Å²) in [6, 6.07) is 13.1. The first-order chi connectivity index (χ1) is 10.1. The molecule has 0 aliphatic heterocycles. The van der Waals surface area contributed by atoms with Gasteiger partial charge in [-0.25, -0.2) is 0 Å². The molecule has 0 radical (unpaired) electrons. The quantitative estimate of drug-likeness (QED) is 0.667. The van der Waals surface area contributed by atoms with Crippen molar-refractivity contribution in [2.24, 2.45) is 5.73 Å². The summed E-state index contributed by atoms with van der Waals surface area (Å²) >= 11 is 0. The van der Waals surface area contributed by atoms with Crippen LogP contribution in [0.2, 0.25) is 0 Å². The maximum Gasteiger partial charge on any atom is 0.292 e. The normalized spacial score (nSPS) is 20.1. The Kier molecular flexibility index (Phi) is 3.35. The fraction of sp³-hybridized carbons (Fsp3) is 0.250. The molecular weight excluding hydrogens is 266 g/mol. The van der Waals surface area contributed by atoms with Crippen LogP contribution in [0.15, 0.2) is 42.5 Å². The predicted molar refractivity (Wildman–Crippen MR) is 82.2 cm³/mol. The monoisotopic (exact) mass is 283 g/mol. The van der Waals surface area contributed by atoms with Gasteiger partial charge >= 0.3 is 0 Å². The average Bonchev–Trinajstić information content (AvgIpc) is 2.76. The molecule has 0 saturated carbocycles. The second-order valence-electron chi connectivity index (χ2n) is 5.45. The molecule has 2 aromatic rings. The van der Waals surface area contributed by atoms with Gasteiger partial charge in [0.05, 0.1) is 11.0 Å². The highest BCUT2D eigenvalue weighted by Gasteiger charge is 2.29. The number of fused-ring (bicyclic) bond motifs is 1. The topological polar surface area (TPSA) is 81.2 Å². The zero-order valence-electron chi connectivity index (χ0n) is 11.7. The van der Waals surface area contributed by atoms with E-state index in [2.05, 4.69) is 5.32 Å². The Morgan fingerprint density at radius 2 is 1.95 bits per heavy atom. The van der Waals surface area contributed by atoms with E-state index < -0.39 is 0 Å². The number of nitro groups is 1. The van der Waals surface area contributed by atoms with Crippen LogP contribution in [0.3, 0.4) is 0 Å². The van der Waals surface area contributed by atoms with Crippen LogP contribution in [0.1, 0.15) is 35.2 Å². The Morgan fingerprint density at radius 3 is 2.67 bits per heavy atom. The lowest BCUT2D eigenvalue weighted by Crippen LogP contribution is -2.11. The highest BCUT2D eigenvalue weighted by atomic mass is 16.6. The Hall–Kier alpha value is -2.40. The number of anilines is 1. The van der Waals surface area contributed by atoms with Gasteiger partial charge in [-0.2, -0.15) is 0 Å². The Labute approximate surface area is 122 Å². The summed E-state index contributed by atoms with van der Waals surface area (Å²) in [7, 11) is 0. The van der Waals surface area contributed by atoms with Crippen LogP contribution in [0.25, 0.3) is 0 Å². The van der Waals surface area contributed by atoms with Crippen LogP contribution in [0.4, 0.5) is 11.4 Å². The van der Waals surface area contributed by atoms with Crippen molar-refractivity contribution in [3.63, 3.8) is 0 Å². The molecular formula is C16H17N3O2. The molecule has 0 fully saturated rings. The van der Waals surface area contributed by atoms with E-state index in [9.17, 15) is 10.1 Å². The molecule has 5 heteroatoms. The van der Waals surface area contributed by atoms with Crippen LogP contribution in [-0.4, -0.2) is 4.92 Å². The molecule has 0 saturated heterocycles. The van der Waals surface area contributed by atoms with Gasteiger partial charge in [-0.1, -0.05) is 30.3 Å². The third kappa shape index (κ3) is 2.48. The van der Waals surface area contributed by atoms with E-state index in [1.54, 1.807) is 12.1 Å². The molecule has 0 spiro atoms. The minimum absolute atomic E-state index is 0.0108. The number of nitrogens with one attached hydrogen (secondary N) is 1. The number of hydrogen-bond acceptors (Lipinski definition) is 4. The third-order valence-electron chi connectivity index (χ3n) is 3.94. The van der Waals surface area contributed by atoms with Gasteiger partial charge in [-0.3, -0.25) is 10.1 Å². The summed E-state index contributed by atoms with van der Waals surface area (Å²) in [6.07, 6.45) is 0.741. The highest BCUT2D eigenvalue weighted by molar-refractivity contribution is 5.64. The highest BCUT2D eigenvalue weighted by Crippen LogP contribution is 2.40. The number of aryl methyl sites for hydroxylation is 1. The number of nitrogens with zero attached hydrogens (tertiary/aromatic N) is 1. The predicted octanol–water partition coefficient (Wildman–Crippen LogP) is 3.46. The molecule has 3 rings (SSSR count). The molecule has 2 unspecified atom stereocenters. The summed E-state index contributed by atoms with van der Waals surface area (Å²) in [6.45, 7) is 1.92. The summed E-state index contributed by atoms with van der Waals surface area (Å²) in [4.78, 5) is 10.8. The molecule has 0 aromatic heterocycles. The maximum absolute atomic E-state index is 11.2. The minimum Gasteiger partial charge on any atom is -0.373 e. The van der Waals surface area contributed by atoms with Crippen LogP contribution in [-0.2, 0) is 0 Å². The van der Waals surface area contributed by atoms with E-state index in [0.29, 0.717) is 5.69 Å². The summed E-state index contributed by atoms with van der Waals surface area (Å²) in [5.41, 5.74) is 10.0. The summed E-state index contributed by atoms with van der Waals surface area (Å²) in [5, 5.41) is 14.5. The molecule has 21 heavy (non-hydrogen) atoms. The first-order valence-electron chi connectivity index (χ1n) is 6.92. The average molecular weight is 283 g/mol. The first-order valence-corrected chi connectivity index (χ1v) is 6.92. The number of rotatable bonds is 3. The van der Waals surface area contributed by atoms with Crippen molar-refractivity contribution in [3.05, 3.63) is 69.3 Å². The van der Waals surface area contributed by atoms with E-state index in [0.717, 1.165) is 23.1 Å². The molecule has 5 nitrogen and oxygen atoms in total. The fourth-order valence-corrected chi connectivity index (χ4v) is 2.92. The van der Waals surface area contributed by atoms with E-state index in [-0.39, 0.29) is 22.7 Å². The van der Waals surface area contributed by atoms with Crippen LogP contribution in [0, 0.1) is 17.0 Å². The second kappa shape index (κ2) is 5.18. The van der Waals surface area contributed by atoms with Crippen molar-refractivity contribution in [2.75, 3.05) is 5.32 Å². The molecule has 1 aliphatic rings. The fourth-order valence-electron chi connectivity index (χ4n) is 2.92. The third-order valence-corrected chi connectivity index (χ3v) is 3.94. The first kappa shape index (κ1) is 13.6. The number of nitrogens with two attached hydrogens (primary N) is 1.